The highest BCUT2D eigenvalue weighted by Crippen LogP contribution is 2.45. The minimum Gasteiger partial charge on any atom is -0.380 e. The van der Waals surface area contributed by atoms with Crippen LogP contribution in [0.1, 0.15) is 24.5 Å². The van der Waals surface area contributed by atoms with Gasteiger partial charge in [0.15, 0.2) is 11.5 Å². The summed E-state index contributed by atoms with van der Waals surface area (Å²) in [5.41, 5.74) is 7.64. The van der Waals surface area contributed by atoms with Crippen molar-refractivity contribution in [1.29, 1.82) is 0 Å². The van der Waals surface area contributed by atoms with Crippen molar-refractivity contribution in [2.75, 3.05) is 12.8 Å². The summed E-state index contributed by atoms with van der Waals surface area (Å²) < 4.78 is 25.8. The van der Waals surface area contributed by atoms with E-state index in [4.69, 9.17) is 5.73 Å². The van der Waals surface area contributed by atoms with Gasteiger partial charge in [-0.1, -0.05) is 6.07 Å². The van der Waals surface area contributed by atoms with E-state index in [-0.39, 0.29) is 4.90 Å². The standard InChI is InChI=1S/C13H16N6O2S/c1-15-22(20,21)10-4-2-3-9(7-10)16-18-12-11(8-5-6-8)17-19-13(12)14/h2-4,7-8,15H,5-6H2,1H3,(H3,14,17,19). The number of rotatable bonds is 5. The molecule has 1 aliphatic rings. The van der Waals surface area contributed by atoms with Crippen molar-refractivity contribution in [3.8, 4) is 0 Å². The number of nitrogen functional groups attached to an aromatic ring is 1. The lowest BCUT2D eigenvalue weighted by molar-refractivity contribution is 0.588. The smallest absolute Gasteiger partial charge is 0.240 e. The highest BCUT2D eigenvalue weighted by atomic mass is 32.2. The predicted octanol–water partition coefficient (Wildman–Crippen LogP) is 2.19. The van der Waals surface area contributed by atoms with Gasteiger partial charge in [-0.2, -0.15) is 10.2 Å². The molecule has 22 heavy (non-hydrogen) atoms. The lowest BCUT2D eigenvalue weighted by Gasteiger charge is -2.02. The first-order valence-electron chi connectivity index (χ1n) is 6.80. The molecule has 1 saturated carbocycles. The average molecular weight is 320 g/mol. The number of nitrogens with two attached hydrogens (primary N) is 1. The molecule has 0 saturated heterocycles. The van der Waals surface area contributed by atoms with Gasteiger partial charge in [-0.15, -0.1) is 5.11 Å². The largest absolute Gasteiger partial charge is 0.380 e. The molecule has 0 unspecified atom stereocenters. The van der Waals surface area contributed by atoms with Crippen molar-refractivity contribution >= 4 is 27.2 Å². The summed E-state index contributed by atoms with van der Waals surface area (Å²) in [5.74, 6) is 0.708. The van der Waals surface area contributed by atoms with Crippen LogP contribution in [0.2, 0.25) is 0 Å². The van der Waals surface area contributed by atoms with Crippen molar-refractivity contribution in [1.82, 2.24) is 14.9 Å². The van der Waals surface area contributed by atoms with E-state index in [1.807, 2.05) is 0 Å². The van der Waals surface area contributed by atoms with Gasteiger partial charge in [0.2, 0.25) is 10.0 Å². The SMILES string of the molecule is CNS(=O)(=O)c1cccc(N=Nc2c(N)n[nH]c2C2CC2)c1. The van der Waals surface area contributed by atoms with Crippen molar-refractivity contribution in [3.05, 3.63) is 30.0 Å². The summed E-state index contributed by atoms with van der Waals surface area (Å²) in [7, 11) is -2.15. The predicted molar refractivity (Wildman–Crippen MR) is 81.8 cm³/mol. The first-order chi connectivity index (χ1) is 10.5. The van der Waals surface area contributed by atoms with Gasteiger partial charge in [-0.25, -0.2) is 13.1 Å². The topological polar surface area (TPSA) is 126 Å². The second-order valence-corrected chi connectivity index (χ2v) is 6.94. The van der Waals surface area contributed by atoms with Crippen LogP contribution in [0.15, 0.2) is 39.4 Å². The molecule has 0 spiro atoms. The van der Waals surface area contributed by atoms with Gasteiger partial charge < -0.3 is 5.73 Å². The molecule has 1 aliphatic carbocycles. The molecule has 0 aliphatic heterocycles. The maximum Gasteiger partial charge on any atom is 0.240 e. The molecule has 3 rings (SSSR count). The molecule has 2 aromatic rings. The summed E-state index contributed by atoms with van der Waals surface area (Å²) >= 11 is 0. The molecule has 116 valence electrons. The third kappa shape index (κ3) is 2.85. The minimum absolute atomic E-state index is 0.133. The Kier molecular flexibility index (Phi) is 3.67. The van der Waals surface area contributed by atoms with Crippen LogP contribution in [-0.2, 0) is 10.0 Å². The summed E-state index contributed by atoms with van der Waals surface area (Å²) in [4.78, 5) is 0.133. The maximum atomic E-state index is 11.8. The summed E-state index contributed by atoms with van der Waals surface area (Å²) in [6.45, 7) is 0. The third-order valence-electron chi connectivity index (χ3n) is 3.44. The zero-order valence-corrected chi connectivity index (χ0v) is 12.8. The second kappa shape index (κ2) is 5.50. The molecule has 1 aromatic heterocycles. The molecule has 0 atom stereocenters. The molecule has 0 radical (unpaired) electrons. The first kappa shape index (κ1) is 14.7. The number of nitrogens with one attached hydrogen (secondary N) is 2. The van der Waals surface area contributed by atoms with Crippen molar-refractivity contribution in [2.24, 2.45) is 10.2 Å². The van der Waals surface area contributed by atoms with Crippen LogP contribution in [0, 0.1) is 0 Å². The molecule has 4 N–H and O–H groups in total. The van der Waals surface area contributed by atoms with E-state index in [2.05, 4.69) is 25.1 Å². The molecular weight excluding hydrogens is 304 g/mol. The van der Waals surface area contributed by atoms with Crippen molar-refractivity contribution in [2.45, 2.75) is 23.7 Å². The Hall–Kier alpha value is -2.26. The van der Waals surface area contributed by atoms with Crippen LogP contribution >= 0.6 is 0 Å². The fraction of sp³-hybridized carbons (Fsp3) is 0.308. The van der Waals surface area contributed by atoms with Gasteiger partial charge in [-0.3, -0.25) is 5.10 Å². The van der Waals surface area contributed by atoms with Crippen LogP contribution in [0.4, 0.5) is 17.2 Å². The normalized spacial score (nSPS) is 15.5. The van der Waals surface area contributed by atoms with Gasteiger partial charge in [0, 0.05) is 5.92 Å². The van der Waals surface area contributed by atoms with Crippen LogP contribution < -0.4 is 10.5 Å². The number of nitrogens with zero attached hydrogens (tertiary/aromatic N) is 3. The minimum atomic E-state index is -3.51. The quantitative estimate of drug-likeness (QED) is 0.730. The fourth-order valence-electron chi connectivity index (χ4n) is 2.06. The Morgan fingerprint density at radius 1 is 1.36 bits per heavy atom. The number of anilines is 1. The Morgan fingerprint density at radius 2 is 2.14 bits per heavy atom. The molecule has 9 heteroatoms. The van der Waals surface area contributed by atoms with Gasteiger partial charge in [0.25, 0.3) is 0 Å². The number of aromatic nitrogens is 2. The van der Waals surface area contributed by atoms with E-state index in [0.717, 1.165) is 18.5 Å². The fourth-order valence-corrected chi connectivity index (χ4v) is 2.83. The third-order valence-corrected chi connectivity index (χ3v) is 4.85. The summed E-state index contributed by atoms with van der Waals surface area (Å²) in [5, 5.41) is 15.1. The molecule has 1 fully saturated rings. The molecule has 0 amide bonds. The van der Waals surface area contributed by atoms with Gasteiger partial charge in [0.1, 0.15) is 0 Å². The highest BCUT2D eigenvalue weighted by molar-refractivity contribution is 7.89. The van der Waals surface area contributed by atoms with Crippen molar-refractivity contribution < 1.29 is 8.42 Å². The number of hydrogen-bond donors (Lipinski definition) is 3. The molecule has 1 heterocycles. The lowest BCUT2D eigenvalue weighted by atomic mass is 10.2. The second-order valence-electron chi connectivity index (χ2n) is 5.05. The van der Waals surface area contributed by atoms with E-state index < -0.39 is 10.0 Å². The Morgan fingerprint density at radius 3 is 2.82 bits per heavy atom. The van der Waals surface area contributed by atoms with E-state index in [1.54, 1.807) is 12.1 Å². The number of azo groups is 1. The molecule has 8 nitrogen and oxygen atoms in total. The highest BCUT2D eigenvalue weighted by Gasteiger charge is 2.29. The number of hydrogen-bond acceptors (Lipinski definition) is 6. The number of sulfonamides is 1. The Balaban J connectivity index is 1.90. The average Bonchev–Trinajstić information content (AvgIpc) is 3.29. The molecule has 0 bridgehead atoms. The van der Waals surface area contributed by atoms with E-state index >= 15 is 0 Å². The van der Waals surface area contributed by atoms with Crippen LogP contribution in [-0.4, -0.2) is 25.7 Å². The summed E-state index contributed by atoms with van der Waals surface area (Å²) in [6.07, 6.45) is 2.17. The lowest BCUT2D eigenvalue weighted by Crippen LogP contribution is -2.18. The van der Waals surface area contributed by atoms with E-state index in [1.165, 1.54) is 19.2 Å². The summed E-state index contributed by atoms with van der Waals surface area (Å²) in [6, 6.07) is 6.22. The van der Waals surface area contributed by atoms with Gasteiger partial charge >= 0.3 is 0 Å². The number of H-pyrrole nitrogens is 1. The molecular formula is C13H16N6O2S. The van der Waals surface area contributed by atoms with E-state index in [0.29, 0.717) is 23.1 Å². The van der Waals surface area contributed by atoms with Gasteiger partial charge in [0.05, 0.1) is 16.3 Å². The van der Waals surface area contributed by atoms with E-state index in [9.17, 15) is 8.42 Å². The van der Waals surface area contributed by atoms with Crippen LogP contribution in [0.5, 0.6) is 0 Å². The zero-order chi connectivity index (χ0) is 15.7. The Bertz CT molecular complexity index is 823. The first-order valence-corrected chi connectivity index (χ1v) is 8.28. The van der Waals surface area contributed by atoms with Crippen LogP contribution in [0.25, 0.3) is 0 Å². The van der Waals surface area contributed by atoms with Crippen LogP contribution in [0.3, 0.4) is 0 Å². The van der Waals surface area contributed by atoms with Crippen molar-refractivity contribution in [3.63, 3.8) is 0 Å². The number of benzene rings is 1. The molecule has 1 aromatic carbocycles. The Labute approximate surface area is 127 Å². The maximum absolute atomic E-state index is 11.8. The number of aromatic amines is 1. The monoisotopic (exact) mass is 320 g/mol. The van der Waals surface area contributed by atoms with Gasteiger partial charge in [-0.05, 0) is 38.1 Å². The zero-order valence-electron chi connectivity index (χ0n) is 11.9.